The van der Waals surface area contributed by atoms with E-state index in [0.29, 0.717) is 22.7 Å². The number of nitrogens with zero attached hydrogens (tertiary/aromatic N) is 1. The average molecular weight is 502 g/mol. The monoisotopic (exact) mass is 501 g/mol. The molecule has 8 heteroatoms. The van der Waals surface area contributed by atoms with Crippen molar-refractivity contribution in [2.24, 2.45) is 5.92 Å². The predicted octanol–water partition coefficient (Wildman–Crippen LogP) is 4.40. The molecule has 8 nitrogen and oxygen atoms in total. The van der Waals surface area contributed by atoms with E-state index in [1.54, 1.807) is 36.3 Å². The minimum Gasteiger partial charge on any atom is -0.496 e. The molecule has 1 fully saturated rings. The lowest BCUT2D eigenvalue weighted by Crippen LogP contribution is -2.29. The predicted molar refractivity (Wildman–Crippen MR) is 142 cm³/mol. The Hall–Kier alpha value is -4.33. The van der Waals surface area contributed by atoms with Crippen molar-refractivity contribution in [3.05, 3.63) is 83.9 Å². The van der Waals surface area contributed by atoms with Crippen LogP contribution in [0.1, 0.15) is 36.2 Å². The van der Waals surface area contributed by atoms with Crippen LogP contribution in [0.5, 0.6) is 11.5 Å². The summed E-state index contributed by atoms with van der Waals surface area (Å²) in [4.78, 5) is 40.3. The highest BCUT2D eigenvalue weighted by molar-refractivity contribution is 6.07. The highest BCUT2D eigenvalue weighted by atomic mass is 16.5. The summed E-state index contributed by atoms with van der Waals surface area (Å²) in [7, 11) is 1.58. The third-order valence-electron chi connectivity index (χ3n) is 6.08. The molecule has 1 saturated heterocycles. The van der Waals surface area contributed by atoms with E-state index >= 15 is 0 Å². The molecule has 1 aliphatic rings. The zero-order valence-corrected chi connectivity index (χ0v) is 21.2. The van der Waals surface area contributed by atoms with E-state index < -0.39 is 5.92 Å². The molecule has 2 N–H and O–H groups in total. The standard InChI is InChI=1S/C29H31N3O5/c1-19(2)37-23-14-12-22(13-15-23)32-18-21(16-27(32)33)28(34)31-25-10-6-5-9-24(25)29(35)30-17-20-8-4-7-11-26(20)36-3/h4-15,19,21H,16-18H2,1-3H3,(H,30,35)(H,31,34)/t21-/m0/s1. The van der Waals surface area contributed by atoms with E-state index in [9.17, 15) is 14.4 Å². The highest BCUT2D eigenvalue weighted by Crippen LogP contribution is 2.28. The molecule has 0 spiro atoms. The number of methoxy groups -OCH3 is 1. The van der Waals surface area contributed by atoms with Crippen LogP contribution in [0.2, 0.25) is 0 Å². The summed E-state index contributed by atoms with van der Waals surface area (Å²) in [5, 5.41) is 5.74. The number of para-hydroxylation sites is 2. The van der Waals surface area contributed by atoms with Crippen molar-refractivity contribution in [3.63, 3.8) is 0 Å². The number of hydrogen-bond acceptors (Lipinski definition) is 5. The lowest BCUT2D eigenvalue weighted by Gasteiger charge is -2.18. The summed E-state index contributed by atoms with van der Waals surface area (Å²) >= 11 is 0. The molecular weight excluding hydrogens is 470 g/mol. The van der Waals surface area contributed by atoms with Crippen molar-refractivity contribution in [2.45, 2.75) is 32.9 Å². The van der Waals surface area contributed by atoms with E-state index in [0.717, 1.165) is 11.3 Å². The Balaban J connectivity index is 1.40. The maximum atomic E-state index is 13.1. The summed E-state index contributed by atoms with van der Waals surface area (Å²) in [5.41, 5.74) is 2.29. The van der Waals surface area contributed by atoms with Crippen molar-refractivity contribution in [1.29, 1.82) is 0 Å². The number of ether oxygens (including phenoxy) is 2. The molecule has 1 aliphatic heterocycles. The van der Waals surface area contributed by atoms with Crippen LogP contribution in [0.15, 0.2) is 72.8 Å². The third kappa shape index (κ3) is 6.27. The Morgan fingerprint density at radius 1 is 1.00 bits per heavy atom. The van der Waals surface area contributed by atoms with Crippen LogP contribution in [0.3, 0.4) is 0 Å². The van der Waals surface area contributed by atoms with Crippen LogP contribution in [0.4, 0.5) is 11.4 Å². The van der Waals surface area contributed by atoms with Crippen molar-refractivity contribution >= 4 is 29.1 Å². The van der Waals surface area contributed by atoms with Crippen molar-refractivity contribution in [3.8, 4) is 11.5 Å². The first-order valence-electron chi connectivity index (χ1n) is 12.2. The molecule has 1 heterocycles. The van der Waals surface area contributed by atoms with E-state index in [1.807, 2.05) is 62.4 Å². The maximum absolute atomic E-state index is 13.1. The van der Waals surface area contributed by atoms with Gasteiger partial charge in [-0.1, -0.05) is 30.3 Å². The zero-order chi connectivity index (χ0) is 26.4. The first-order chi connectivity index (χ1) is 17.9. The van der Waals surface area contributed by atoms with Crippen LogP contribution in [0, 0.1) is 5.92 Å². The van der Waals surface area contributed by atoms with Crippen molar-refractivity contribution < 1.29 is 23.9 Å². The minimum atomic E-state index is -0.538. The van der Waals surface area contributed by atoms with Gasteiger partial charge < -0.3 is 25.0 Å². The van der Waals surface area contributed by atoms with Gasteiger partial charge in [-0.05, 0) is 56.3 Å². The largest absolute Gasteiger partial charge is 0.496 e. The van der Waals surface area contributed by atoms with Gasteiger partial charge in [-0.15, -0.1) is 0 Å². The normalized spacial score (nSPS) is 15.0. The van der Waals surface area contributed by atoms with Gasteiger partial charge in [-0.25, -0.2) is 0 Å². The molecular formula is C29H31N3O5. The van der Waals surface area contributed by atoms with Crippen molar-refractivity contribution in [1.82, 2.24) is 5.32 Å². The van der Waals surface area contributed by atoms with E-state index in [2.05, 4.69) is 10.6 Å². The molecule has 0 bridgehead atoms. The Morgan fingerprint density at radius 2 is 1.70 bits per heavy atom. The van der Waals surface area contributed by atoms with Gasteiger partial charge in [0.05, 0.1) is 30.4 Å². The van der Waals surface area contributed by atoms with Crippen LogP contribution < -0.4 is 25.0 Å². The minimum absolute atomic E-state index is 0.0541. The Morgan fingerprint density at radius 3 is 2.43 bits per heavy atom. The molecule has 3 aromatic carbocycles. The van der Waals surface area contributed by atoms with Crippen molar-refractivity contribution in [2.75, 3.05) is 23.9 Å². The van der Waals surface area contributed by atoms with Gasteiger partial charge in [0.1, 0.15) is 11.5 Å². The smallest absolute Gasteiger partial charge is 0.253 e. The maximum Gasteiger partial charge on any atom is 0.253 e. The molecule has 37 heavy (non-hydrogen) atoms. The first kappa shape index (κ1) is 25.8. The van der Waals surface area contributed by atoms with E-state index in [-0.39, 0.29) is 43.3 Å². The average Bonchev–Trinajstić information content (AvgIpc) is 3.29. The van der Waals surface area contributed by atoms with Gasteiger partial charge in [-0.3, -0.25) is 14.4 Å². The van der Waals surface area contributed by atoms with Gasteiger partial charge in [0.25, 0.3) is 5.91 Å². The SMILES string of the molecule is COc1ccccc1CNC(=O)c1ccccc1NC(=O)[C@H]1CC(=O)N(c2ccc(OC(C)C)cc2)C1. The van der Waals surface area contributed by atoms with Gasteiger partial charge in [-0.2, -0.15) is 0 Å². The Kier molecular flexibility index (Phi) is 8.08. The molecule has 1 atom stereocenters. The number of hydrogen-bond donors (Lipinski definition) is 2. The molecule has 3 aromatic rings. The molecule has 4 rings (SSSR count). The number of anilines is 2. The fraction of sp³-hybridized carbons (Fsp3) is 0.276. The molecule has 192 valence electrons. The fourth-order valence-corrected chi connectivity index (χ4v) is 4.25. The van der Waals surface area contributed by atoms with Crippen LogP contribution in [-0.4, -0.2) is 37.5 Å². The zero-order valence-electron chi connectivity index (χ0n) is 21.2. The third-order valence-corrected chi connectivity index (χ3v) is 6.08. The summed E-state index contributed by atoms with van der Waals surface area (Å²) in [6, 6.07) is 21.5. The Bertz CT molecular complexity index is 1270. The lowest BCUT2D eigenvalue weighted by molar-refractivity contribution is -0.122. The number of carbonyl (C=O) groups excluding carboxylic acids is 3. The number of amides is 3. The van der Waals surface area contributed by atoms with Gasteiger partial charge in [0, 0.05) is 30.8 Å². The number of benzene rings is 3. The number of carbonyl (C=O) groups is 3. The second kappa shape index (κ2) is 11.6. The molecule has 0 aromatic heterocycles. The molecule has 0 unspecified atom stereocenters. The molecule has 0 radical (unpaired) electrons. The highest BCUT2D eigenvalue weighted by Gasteiger charge is 2.35. The summed E-state index contributed by atoms with van der Waals surface area (Å²) in [6.45, 7) is 4.43. The van der Waals surface area contributed by atoms with E-state index in [1.165, 1.54) is 0 Å². The number of rotatable bonds is 9. The first-order valence-corrected chi connectivity index (χ1v) is 12.2. The Labute approximate surface area is 216 Å². The fourth-order valence-electron chi connectivity index (χ4n) is 4.25. The van der Waals surface area contributed by atoms with E-state index in [4.69, 9.17) is 9.47 Å². The van der Waals surface area contributed by atoms with Crippen LogP contribution >= 0.6 is 0 Å². The molecule has 0 saturated carbocycles. The summed E-state index contributed by atoms with van der Waals surface area (Å²) < 4.78 is 11.0. The second-order valence-corrected chi connectivity index (χ2v) is 9.10. The molecule has 0 aliphatic carbocycles. The van der Waals surface area contributed by atoms with Crippen LogP contribution in [-0.2, 0) is 16.1 Å². The van der Waals surface area contributed by atoms with Gasteiger partial charge >= 0.3 is 0 Å². The molecule has 3 amide bonds. The quantitative estimate of drug-likeness (QED) is 0.453. The van der Waals surface area contributed by atoms with Gasteiger partial charge in [0.2, 0.25) is 11.8 Å². The van der Waals surface area contributed by atoms with Crippen LogP contribution in [0.25, 0.3) is 0 Å². The topological polar surface area (TPSA) is 97.0 Å². The lowest BCUT2D eigenvalue weighted by atomic mass is 10.1. The number of nitrogens with one attached hydrogen (secondary N) is 2. The summed E-state index contributed by atoms with van der Waals surface area (Å²) in [6.07, 6.45) is 0.150. The van der Waals surface area contributed by atoms with Gasteiger partial charge in [0.15, 0.2) is 0 Å². The second-order valence-electron chi connectivity index (χ2n) is 9.10. The summed E-state index contributed by atoms with van der Waals surface area (Å²) in [5.74, 6) is 0.113.